The number of carbonyl (C=O) groups is 1. The van der Waals surface area contributed by atoms with Crippen LogP contribution in [0, 0.1) is 12.7 Å². The molecule has 2 rings (SSSR count). The Kier molecular flexibility index (Phi) is 4.55. The fraction of sp³-hybridized carbons (Fsp3) is 0.182. The van der Waals surface area contributed by atoms with Gasteiger partial charge >= 0.3 is 6.01 Å². The van der Waals surface area contributed by atoms with Crippen molar-refractivity contribution in [2.45, 2.75) is 13.5 Å². The van der Waals surface area contributed by atoms with E-state index < -0.39 is 0 Å². The van der Waals surface area contributed by atoms with Crippen molar-refractivity contribution in [1.29, 1.82) is 0 Å². The minimum absolute atomic E-state index is 0. The molecule has 0 amide bonds. The van der Waals surface area contributed by atoms with Crippen molar-refractivity contribution in [1.82, 2.24) is 5.10 Å². The molecule has 0 atom stereocenters. The quantitative estimate of drug-likeness (QED) is 0.519. The van der Waals surface area contributed by atoms with Gasteiger partial charge in [-0.25, -0.2) is 4.39 Å². The van der Waals surface area contributed by atoms with E-state index in [9.17, 15) is 9.18 Å². The zero-order valence-electron chi connectivity index (χ0n) is 9.56. The summed E-state index contributed by atoms with van der Waals surface area (Å²) >= 11 is 0. The van der Waals surface area contributed by atoms with Gasteiger partial charge in [-0.3, -0.25) is 10.5 Å². The van der Waals surface area contributed by atoms with E-state index in [4.69, 9.17) is 10.2 Å². The Morgan fingerprint density at radius 1 is 1.44 bits per heavy atom. The summed E-state index contributed by atoms with van der Waals surface area (Å²) in [6, 6.07) is 5.37. The second-order valence-corrected chi connectivity index (χ2v) is 3.55. The molecule has 0 saturated heterocycles. The Balaban J connectivity index is 0.00000162. The molecule has 0 aliphatic heterocycles. The van der Waals surface area contributed by atoms with Gasteiger partial charge in [-0.15, -0.1) is 0 Å². The number of anilines is 1. The van der Waals surface area contributed by atoms with Crippen molar-refractivity contribution in [3.05, 3.63) is 41.5 Å². The van der Waals surface area contributed by atoms with Gasteiger partial charge < -0.3 is 21.4 Å². The largest absolute Gasteiger partial charge is 1.00 e. The Bertz CT molecular complexity index is 554. The number of carbonyl (C=O) groups excluding carboxylic acids is 1. The maximum atomic E-state index is 12.7. The van der Waals surface area contributed by atoms with Crippen molar-refractivity contribution in [3.63, 3.8) is 0 Å². The second-order valence-electron chi connectivity index (χ2n) is 3.55. The smallest absolute Gasteiger partial charge is 0.475 e. The number of hydrogen-bond acceptors (Lipinski definition) is 4. The molecule has 0 aliphatic rings. The Morgan fingerprint density at radius 3 is 2.56 bits per heavy atom. The predicted octanol–water partition coefficient (Wildman–Crippen LogP) is -2.12. The third-order valence-electron chi connectivity index (χ3n) is 2.23. The standard InChI is InChI=1S/C11H10FN3O2.BrH/c1-7-14-15(11(13)17-7)6-10(16)8-2-4-9(12)5-3-8;/h2-5,13H,6H2,1H3;1H. The van der Waals surface area contributed by atoms with E-state index >= 15 is 0 Å². The van der Waals surface area contributed by atoms with Crippen LogP contribution in [0.1, 0.15) is 16.2 Å². The first-order valence-corrected chi connectivity index (χ1v) is 4.98. The number of hydrogen-bond donors (Lipinski definition) is 1. The topological polar surface area (TPSA) is 73.0 Å². The Hall–Kier alpha value is -1.76. The van der Waals surface area contributed by atoms with Crippen LogP contribution in [-0.4, -0.2) is 10.9 Å². The van der Waals surface area contributed by atoms with Crippen molar-refractivity contribution >= 4 is 11.8 Å². The number of aryl methyl sites for hydroxylation is 1. The number of nitrogens with zero attached hydrogens (tertiary/aromatic N) is 2. The molecule has 1 aromatic heterocycles. The van der Waals surface area contributed by atoms with E-state index in [-0.39, 0.29) is 41.1 Å². The molecule has 1 aromatic carbocycles. The summed E-state index contributed by atoms with van der Waals surface area (Å²) in [4.78, 5) is 11.8. The lowest BCUT2D eigenvalue weighted by Gasteiger charge is -1.97. The van der Waals surface area contributed by atoms with Crippen LogP contribution < -0.4 is 27.4 Å². The van der Waals surface area contributed by atoms with Gasteiger partial charge in [-0.1, -0.05) is 4.68 Å². The highest BCUT2D eigenvalue weighted by molar-refractivity contribution is 5.94. The van der Waals surface area contributed by atoms with E-state index in [0.717, 1.165) is 0 Å². The fourth-order valence-electron chi connectivity index (χ4n) is 1.42. The summed E-state index contributed by atoms with van der Waals surface area (Å²) in [5.74, 6) is -0.213. The van der Waals surface area contributed by atoms with E-state index in [0.29, 0.717) is 11.5 Å². The number of Topliss-reactive ketones (excluding diaryl/α,β-unsaturated/α-hetero) is 1. The van der Waals surface area contributed by atoms with Gasteiger partial charge in [0.2, 0.25) is 11.7 Å². The summed E-state index contributed by atoms with van der Waals surface area (Å²) in [7, 11) is 0. The molecule has 0 radical (unpaired) electrons. The lowest BCUT2D eigenvalue weighted by Crippen LogP contribution is -3.00. The van der Waals surface area contributed by atoms with Gasteiger partial charge in [-0.2, -0.15) is 0 Å². The third-order valence-corrected chi connectivity index (χ3v) is 2.23. The molecule has 5 nitrogen and oxygen atoms in total. The molecular weight excluding hydrogens is 305 g/mol. The van der Waals surface area contributed by atoms with E-state index in [1.54, 1.807) is 6.92 Å². The molecule has 0 bridgehead atoms. The van der Waals surface area contributed by atoms with Crippen LogP contribution >= 0.6 is 0 Å². The van der Waals surface area contributed by atoms with Crippen molar-refractivity contribution in [3.8, 4) is 0 Å². The number of aromatic nitrogens is 2. The van der Waals surface area contributed by atoms with Gasteiger partial charge in [0.25, 0.3) is 0 Å². The van der Waals surface area contributed by atoms with Crippen LogP contribution in [0.2, 0.25) is 0 Å². The highest BCUT2D eigenvalue weighted by atomic mass is 79.9. The summed E-state index contributed by atoms with van der Waals surface area (Å²) < 4.78 is 18.9. The molecule has 2 aromatic rings. The normalized spacial score (nSPS) is 9.89. The summed E-state index contributed by atoms with van der Waals surface area (Å²) in [6.45, 7) is 1.60. The molecule has 2 N–H and O–H groups in total. The highest BCUT2D eigenvalue weighted by Gasteiger charge is 2.18. The van der Waals surface area contributed by atoms with Gasteiger partial charge in [0.15, 0.2) is 6.54 Å². The van der Waals surface area contributed by atoms with Gasteiger partial charge in [-0.05, 0) is 29.4 Å². The van der Waals surface area contributed by atoms with Gasteiger partial charge in [0.05, 0.1) is 0 Å². The lowest BCUT2D eigenvalue weighted by atomic mass is 10.1. The summed E-state index contributed by atoms with van der Waals surface area (Å²) in [5.41, 5.74) is 5.92. The summed E-state index contributed by atoms with van der Waals surface area (Å²) in [5, 5.41) is 3.92. The molecule has 0 spiro atoms. The number of halogens is 2. The fourth-order valence-corrected chi connectivity index (χ4v) is 1.42. The molecule has 96 valence electrons. The molecule has 0 aliphatic carbocycles. The first kappa shape index (κ1) is 14.3. The molecule has 18 heavy (non-hydrogen) atoms. The molecule has 1 heterocycles. The number of benzene rings is 1. The first-order chi connectivity index (χ1) is 8.06. The first-order valence-electron chi connectivity index (χ1n) is 4.98. The van der Waals surface area contributed by atoms with Crippen molar-refractivity contribution in [2.75, 3.05) is 5.73 Å². The number of nitrogens with two attached hydrogens (primary N) is 1. The Labute approximate surface area is 113 Å². The third kappa shape index (κ3) is 3.13. The molecule has 0 fully saturated rings. The summed E-state index contributed by atoms with van der Waals surface area (Å²) in [6.07, 6.45) is 0. The van der Waals surface area contributed by atoms with Crippen molar-refractivity contribution < 1.29 is 35.3 Å². The molecule has 7 heteroatoms. The van der Waals surface area contributed by atoms with Crippen LogP contribution in [0.5, 0.6) is 0 Å². The van der Waals surface area contributed by atoms with Crippen LogP contribution in [0.25, 0.3) is 0 Å². The number of rotatable bonds is 3. The highest BCUT2D eigenvalue weighted by Crippen LogP contribution is 2.04. The van der Waals surface area contributed by atoms with Gasteiger partial charge in [0, 0.05) is 12.5 Å². The maximum absolute atomic E-state index is 12.7. The average molecular weight is 316 g/mol. The zero-order valence-corrected chi connectivity index (χ0v) is 11.1. The predicted molar refractivity (Wildman–Crippen MR) is 56.6 cm³/mol. The monoisotopic (exact) mass is 315 g/mol. The minimum Gasteiger partial charge on any atom is -1.00 e. The van der Waals surface area contributed by atoms with Crippen molar-refractivity contribution in [2.24, 2.45) is 0 Å². The maximum Gasteiger partial charge on any atom is 0.475 e. The lowest BCUT2D eigenvalue weighted by molar-refractivity contribution is -0.727. The van der Waals surface area contributed by atoms with Crippen LogP contribution in [0.15, 0.2) is 28.7 Å². The van der Waals surface area contributed by atoms with Crippen LogP contribution in [0.4, 0.5) is 10.4 Å². The zero-order chi connectivity index (χ0) is 12.4. The minimum atomic E-state index is -0.383. The van der Waals surface area contributed by atoms with Crippen LogP contribution in [0.3, 0.4) is 0 Å². The van der Waals surface area contributed by atoms with Gasteiger partial charge in [0.1, 0.15) is 5.82 Å². The molecular formula is C11H11BrFN3O2. The van der Waals surface area contributed by atoms with Crippen LogP contribution in [-0.2, 0) is 6.54 Å². The molecule has 0 unspecified atom stereocenters. The number of ketones is 1. The molecule has 0 saturated carbocycles. The van der Waals surface area contributed by atoms with E-state index in [2.05, 4.69) is 5.10 Å². The Morgan fingerprint density at radius 2 is 2.06 bits per heavy atom. The SMILES string of the molecule is Cc1n[n+](CC(=O)c2ccc(F)cc2)c(N)o1.[Br-]. The average Bonchev–Trinajstić information content (AvgIpc) is 2.58. The van der Waals surface area contributed by atoms with E-state index in [1.165, 1.54) is 28.9 Å². The second kappa shape index (κ2) is 5.72. The van der Waals surface area contributed by atoms with E-state index in [1.807, 2.05) is 0 Å². The number of nitrogen functional groups attached to an aromatic ring is 1.